The zero-order chi connectivity index (χ0) is 30.1. The van der Waals surface area contributed by atoms with Crippen LogP contribution in [0.25, 0.3) is 83.6 Å². The molecule has 0 amide bonds. The summed E-state index contributed by atoms with van der Waals surface area (Å²) in [5.74, 6) is 1.73. The third kappa shape index (κ3) is 4.32. The van der Waals surface area contributed by atoms with E-state index in [-0.39, 0.29) is 21.1 Å². The SMILES string of the molecule is Cn1c(-c2[c-]c(-n3c4[c-]c(-c5nc6ccc(-c7ccccc7)cc6n5C)ccc4c4cccnc43)ccc2)nc2ccccc21.[Pt+2]. The molecule has 4 heterocycles. The van der Waals surface area contributed by atoms with Crippen molar-refractivity contribution in [2.24, 2.45) is 14.1 Å². The normalized spacial score (nSPS) is 11.5. The van der Waals surface area contributed by atoms with Gasteiger partial charge in [-0.1, -0.05) is 60.0 Å². The Morgan fingerprint density at radius 2 is 1.30 bits per heavy atom. The largest absolute Gasteiger partial charge is 2.00 e. The average molecular weight is 774 g/mol. The van der Waals surface area contributed by atoms with Gasteiger partial charge in [0.25, 0.3) is 0 Å². The van der Waals surface area contributed by atoms with Crippen molar-refractivity contribution in [2.45, 2.75) is 0 Å². The first-order chi connectivity index (χ1) is 22.1. The molecule has 0 unspecified atom stereocenters. The number of para-hydroxylation sites is 2. The molecule has 7 heteroatoms. The van der Waals surface area contributed by atoms with Gasteiger partial charge in [0.2, 0.25) is 0 Å². The van der Waals surface area contributed by atoms with Crippen molar-refractivity contribution < 1.29 is 21.1 Å². The Morgan fingerprint density at radius 3 is 2.13 bits per heavy atom. The molecule has 222 valence electrons. The number of aryl methyl sites for hydroxylation is 2. The van der Waals surface area contributed by atoms with E-state index in [1.807, 2.05) is 43.6 Å². The topological polar surface area (TPSA) is 53.5 Å². The van der Waals surface area contributed by atoms with Crippen molar-refractivity contribution in [3.63, 3.8) is 0 Å². The van der Waals surface area contributed by atoms with Crippen molar-refractivity contribution >= 4 is 44.0 Å². The molecule has 0 bridgehead atoms. The molecule has 5 aromatic carbocycles. The number of nitrogens with zero attached hydrogens (tertiary/aromatic N) is 6. The molecular formula is C39H26N6Pt. The van der Waals surface area contributed by atoms with Gasteiger partial charge in [-0.05, 0) is 58.0 Å². The standard InChI is InChI=1S/C39H26N6.Pt/c1-43-34-16-7-6-15-32(34)41-37(43)27-12-8-13-29(22-27)45-35-24-28(17-19-30(35)31-14-9-21-40-39(31)45)38-42-33-20-18-26(23-36(33)44(38)2)25-10-4-3-5-11-25;/h3-21,23H,1-2H3;/q-2;+2. The van der Waals surface area contributed by atoms with Gasteiger partial charge in [-0.15, -0.1) is 53.6 Å². The van der Waals surface area contributed by atoms with Crippen LogP contribution in [-0.2, 0) is 35.2 Å². The maximum Gasteiger partial charge on any atom is 2.00 e. The van der Waals surface area contributed by atoms with E-state index in [0.29, 0.717) is 0 Å². The summed E-state index contributed by atoms with van der Waals surface area (Å²) < 4.78 is 6.42. The molecule has 0 atom stereocenters. The van der Waals surface area contributed by atoms with Gasteiger partial charge in [0.1, 0.15) is 5.65 Å². The van der Waals surface area contributed by atoms with Crippen LogP contribution in [0.1, 0.15) is 0 Å². The second kappa shape index (κ2) is 10.9. The van der Waals surface area contributed by atoms with E-state index in [9.17, 15) is 0 Å². The van der Waals surface area contributed by atoms with Gasteiger partial charge in [0.15, 0.2) is 0 Å². The predicted octanol–water partition coefficient (Wildman–Crippen LogP) is 8.55. The van der Waals surface area contributed by atoms with Gasteiger partial charge in [-0.25, -0.2) is 4.98 Å². The van der Waals surface area contributed by atoms with Crippen LogP contribution in [0.2, 0.25) is 0 Å². The summed E-state index contributed by atoms with van der Waals surface area (Å²) in [6.07, 6.45) is 1.84. The minimum Gasteiger partial charge on any atom is -0.367 e. The van der Waals surface area contributed by atoms with Gasteiger partial charge < -0.3 is 13.7 Å². The molecule has 46 heavy (non-hydrogen) atoms. The van der Waals surface area contributed by atoms with Crippen molar-refractivity contribution in [3.05, 3.63) is 134 Å². The molecule has 0 spiro atoms. The van der Waals surface area contributed by atoms with Gasteiger partial charge >= 0.3 is 21.1 Å². The number of aromatic nitrogens is 6. The molecule has 0 aliphatic heterocycles. The monoisotopic (exact) mass is 773 g/mol. The molecule has 0 saturated heterocycles. The molecule has 0 saturated carbocycles. The van der Waals surface area contributed by atoms with E-state index >= 15 is 0 Å². The molecule has 0 fully saturated rings. The Hall–Kier alpha value is -5.32. The average Bonchev–Trinajstić information content (AvgIpc) is 3.73. The van der Waals surface area contributed by atoms with E-state index in [4.69, 9.17) is 15.0 Å². The Labute approximate surface area is 279 Å². The molecule has 9 rings (SSSR count). The number of hydrogen-bond acceptors (Lipinski definition) is 3. The van der Waals surface area contributed by atoms with Gasteiger partial charge in [-0.2, -0.15) is 0 Å². The number of imidazole rings is 2. The minimum atomic E-state index is 0. The number of rotatable bonds is 4. The van der Waals surface area contributed by atoms with Crippen molar-refractivity contribution in [2.75, 3.05) is 0 Å². The Kier molecular flexibility index (Phi) is 6.70. The van der Waals surface area contributed by atoms with Gasteiger partial charge in [-0.3, -0.25) is 9.97 Å². The quantitative estimate of drug-likeness (QED) is 0.169. The summed E-state index contributed by atoms with van der Waals surface area (Å²) in [5.41, 5.74) is 10.9. The fourth-order valence-corrected chi connectivity index (χ4v) is 6.48. The molecule has 0 N–H and O–H groups in total. The molecule has 9 aromatic rings. The maximum atomic E-state index is 5.05. The van der Waals surface area contributed by atoms with E-state index in [1.165, 1.54) is 11.1 Å². The van der Waals surface area contributed by atoms with Crippen LogP contribution < -0.4 is 0 Å². The third-order valence-corrected chi connectivity index (χ3v) is 8.71. The Morgan fingerprint density at radius 1 is 0.565 bits per heavy atom. The van der Waals surface area contributed by atoms with Crippen LogP contribution >= 0.6 is 0 Å². The van der Waals surface area contributed by atoms with Crippen LogP contribution in [0.15, 0.2) is 121 Å². The van der Waals surface area contributed by atoms with Crippen molar-refractivity contribution in [1.29, 1.82) is 0 Å². The maximum absolute atomic E-state index is 5.05. The number of hydrogen-bond donors (Lipinski definition) is 0. The van der Waals surface area contributed by atoms with Crippen LogP contribution in [0.3, 0.4) is 0 Å². The molecule has 0 aliphatic carbocycles. The summed E-state index contributed by atoms with van der Waals surface area (Å²) in [6.45, 7) is 0. The van der Waals surface area contributed by atoms with E-state index < -0.39 is 0 Å². The van der Waals surface area contributed by atoms with Gasteiger partial charge in [0.05, 0.1) is 33.7 Å². The summed E-state index contributed by atoms with van der Waals surface area (Å²) in [4.78, 5) is 14.8. The van der Waals surface area contributed by atoms with Crippen LogP contribution in [-0.4, -0.2) is 28.7 Å². The molecule has 6 nitrogen and oxygen atoms in total. The zero-order valence-corrected chi connectivity index (χ0v) is 27.3. The molecular weight excluding hydrogens is 748 g/mol. The molecule has 0 radical (unpaired) electrons. The second-order valence-corrected chi connectivity index (χ2v) is 11.3. The summed E-state index contributed by atoms with van der Waals surface area (Å²) >= 11 is 0. The van der Waals surface area contributed by atoms with Gasteiger partial charge in [0, 0.05) is 20.3 Å². The number of fused-ring (bicyclic) bond motifs is 5. The fraction of sp³-hybridized carbons (Fsp3) is 0.0513. The Balaban J connectivity index is 0.00000312. The smallest absolute Gasteiger partial charge is 0.367 e. The first-order valence-electron chi connectivity index (χ1n) is 14.9. The first-order valence-corrected chi connectivity index (χ1v) is 14.9. The van der Waals surface area contributed by atoms with Crippen molar-refractivity contribution in [3.8, 4) is 39.6 Å². The fourth-order valence-electron chi connectivity index (χ4n) is 6.48. The minimum absolute atomic E-state index is 0. The summed E-state index contributed by atoms with van der Waals surface area (Å²) in [6, 6.07) is 47.0. The van der Waals surface area contributed by atoms with Crippen molar-refractivity contribution in [1.82, 2.24) is 28.7 Å². The summed E-state index contributed by atoms with van der Waals surface area (Å²) in [5, 5.41) is 2.14. The summed E-state index contributed by atoms with van der Waals surface area (Å²) in [7, 11) is 4.12. The Bertz CT molecular complexity index is 2570. The third-order valence-electron chi connectivity index (χ3n) is 8.71. The van der Waals surface area contributed by atoms with E-state index in [2.05, 4.69) is 118 Å². The first kappa shape index (κ1) is 28.2. The predicted molar refractivity (Wildman–Crippen MR) is 181 cm³/mol. The molecule has 0 aliphatic rings. The van der Waals surface area contributed by atoms with E-state index in [0.717, 1.165) is 72.5 Å². The number of benzene rings is 5. The number of pyridine rings is 1. The molecule has 4 aromatic heterocycles. The zero-order valence-electron chi connectivity index (χ0n) is 25.0. The van der Waals surface area contributed by atoms with Crippen LogP contribution in [0, 0.1) is 12.1 Å². The van der Waals surface area contributed by atoms with Crippen LogP contribution in [0.4, 0.5) is 0 Å². The second-order valence-electron chi connectivity index (χ2n) is 11.3. The van der Waals surface area contributed by atoms with Crippen LogP contribution in [0.5, 0.6) is 0 Å². The van der Waals surface area contributed by atoms with E-state index in [1.54, 1.807) is 0 Å².